The molecule has 8 nitrogen and oxygen atoms in total. The highest BCUT2D eigenvalue weighted by atomic mass is 32.2. The minimum Gasteiger partial charge on any atom is -0.491 e. The molecule has 0 saturated heterocycles. The van der Waals surface area contributed by atoms with Crippen molar-refractivity contribution < 1.29 is 19.0 Å². The molecule has 33 heavy (non-hydrogen) atoms. The smallest absolute Gasteiger partial charge is 0.250 e. The van der Waals surface area contributed by atoms with Gasteiger partial charge in [-0.3, -0.25) is 4.79 Å². The van der Waals surface area contributed by atoms with E-state index in [1.807, 2.05) is 62.4 Å². The van der Waals surface area contributed by atoms with Crippen LogP contribution in [0, 0.1) is 13.8 Å². The van der Waals surface area contributed by atoms with Crippen molar-refractivity contribution in [2.75, 3.05) is 32.2 Å². The van der Waals surface area contributed by atoms with Crippen LogP contribution in [0.25, 0.3) is 0 Å². The molecule has 0 unspecified atom stereocenters. The Bertz CT molecular complexity index is 1020. The van der Waals surface area contributed by atoms with Gasteiger partial charge in [0.25, 0.3) is 5.91 Å². The summed E-state index contributed by atoms with van der Waals surface area (Å²) in [5.74, 6) is 1.61. The second kappa shape index (κ2) is 13.6. The second-order valence-electron chi connectivity index (χ2n) is 6.86. The largest absolute Gasteiger partial charge is 0.491 e. The summed E-state index contributed by atoms with van der Waals surface area (Å²) in [5, 5.41) is 12.7. The quantitative estimate of drug-likeness (QED) is 0.170. The predicted octanol–water partition coefficient (Wildman–Crippen LogP) is 3.87. The maximum Gasteiger partial charge on any atom is 0.250 e. The lowest BCUT2D eigenvalue weighted by molar-refractivity contribution is -0.118. The van der Waals surface area contributed by atoms with E-state index in [0.717, 1.165) is 26.4 Å². The molecule has 3 rings (SSSR count). The van der Waals surface area contributed by atoms with Crippen LogP contribution in [0.5, 0.6) is 11.5 Å². The zero-order valence-electron chi connectivity index (χ0n) is 18.5. The molecule has 0 aliphatic heterocycles. The van der Waals surface area contributed by atoms with E-state index < -0.39 is 0 Å². The number of hydrazone groups is 1. The first-order valence-corrected chi connectivity index (χ1v) is 12.1. The average Bonchev–Trinajstić information content (AvgIpc) is 3.24. The van der Waals surface area contributed by atoms with E-state index in [4.69, 9.17) is 14.2 Å². The first-order chi connectivity index (χ1) is 16.1. The molecule has 0 radical (unpaired) electrons. The number of hydrogen-bond acceptors (Lipinski definition) is 9. The molecule has 0 spiro atoms. The minimum absolute atomic E-state index is 0.201. The van der Waals surface area contributed by atoms with Gasteiger partial charge >= 0.3 is 0 Å². The Labute approximate surface area is 201 Å². The van der Waals surface area contributed by atoms with Crippen LogP contribution in [0.15, 0.2) is 58.0 Å². The molecule has 10 heteroatoms. The number of carbonyl (C=O) groups excluding carboxylic acids is 1. The van der Waals surface area contributed by atoms with Crippen LogP contribution < -0.4 is 14.9 Å². The molecule has 1 heterocycles. The zero-order chi connectivity index (χ0) is 23.3. The molecular formula is C23H26N4O4S2. The van der Waals surface area contributed by atoms with Crippen LogP contribution in [0.4, 0.5) is 0 Å². The maximum absolute atomic E-state index is 11.8. The van der Waals surface area contributed by atoms with Gasteiger partial charge in [0.15, 0.2) is 4.34 Å². The van der Waals surface area contributed by atoms with Gasteiger partial charge in [-0.15, -0.1) is 10.2 Å². The standard InChI is InChI=1S/C23H26N4O4S2/c1-17-3-7-20(8-4-17)30-13-11-29-12-14-31-21-9-5-19(6-10-21)15-24-26-22(28)16-32-23-27-25-18(2)33-23/h3-10,15H,11-14,16H2,1-2H3,(H,26,28)/b24-15+. The van der Waals surface area contributed by atoms with E-state index in [9.17, 15) is 4.79 Å². The molecule has 0 atom stereocenters. The number of hydrogen-bond donors (Lipinski definition) is 1. The van der Waals surface area contributed by atoms with Gasteiger partial charge in [-0.1, -0.05) is 40.8 Å². The molecule has 0 aliphatic rings. The Morgan fingerprint density at radius 3 is 2.21 bits per heavy atom. The Kier molecular flexibility index (Phi) is 10.1. The second-order valence-corrected chi connectivity index (χ2v) is 9.26. The molecular weight excluding hydrogens is 460 g/mol. The van der Waals surface area contributed by atoms with Crippen molar-refractivity contribution in [1.82, 2.24) is 15.6 Å². The number of rotatable bonds is 13. The fraction of sp³-hybridized carbons (Fsp3) is 0.304. The van der Waals surface area contributed by atoms with Crippen molar-refractivity contribution in [1.29, 1.82) is 0 Å². The van der Waals surface area contributed by atoms with E-state index in [1.54, 1.807) is 6.21 Å². The highest BCUT2D eigenvalue weighted by molar-refractivity contribution is 8.01. The first kappa shape index (κ1) is 24.7. The average molecular weight is 487 g/mol. The van der Waals surface area contributed by atoms with Gasteiger partial charge in [-0.05, 0) is 55.8 Å². The van der Waals surface area contributed by atoms with Crippen LogP contribution >= 0.6 is 23.1 Å². The summed E-state index contributed by atoms with van der Waals surface area (Å²) in [5.41, 5.74) is 4.55. The molecule has 0 bridgehead atoms. The van der Waals surface area contributed by atoms with Crippen LogP contribution in [0.2, 0.25) is 0 Å². The lowest BCUT2D eigenvalue weighted by Crippen LogP contribution is -2.19. The summed E-state index contributed by atoms with van der Waals surface area (Å²) >= 11 is 2.79. The first-order valence-electron chi connectivity index (χ1n) is 10.3. The SMILES string of the molecule is Cc1ccc(OCCOCCOc2ccc(/C=N/NC(=O)CSc3nnc(C)s3)cc2)cc1. The van der Waals surface area contributed by atoms with E-state index in [1.165, 1.54) is 28.7 Å². The van der Waals surface area contributed by atoms with E-state index in [2.05, 4.69) is 20.7 Å². The molecule has 174 valence electrons. The lowest BCUT2D eigenvalue weighted by atomic mass is 10.2. The number of benzene rings is 2. The molecule has 1 N–H and O–H groups in total. The van der Waals surface area contributed by atoms with Gasteiger partial charge in [0.05, 0.1) is 25.2 Å². The molecule has 0 saturated carbocycles. The van der Waals surface area contributed by atoms with Crippen molar-refractivity contribution >= 4 is 35.2 Å². The topological polar surface area (TPSA) is 94.9 Å². The highest BCUT2D eigenvalue weighted by Crippen LogP contribution is 2.21. The number of aryl methyl sites for hydroxylation is 2. The highest BCUT2D eigenvalue weighted by Gasteiger charge is 2.05. The third-order valence-corrected chi connectivity index (χ3v) is 6.10. The van der Waals surface area contributed by atoms with Gasteiger partial charge in [-0.25, -0.2) is 5.43 Å². The molecule has 0 fully saturated rings. The summed E-state index contributed by atoms with van der Waals surface area (Å²) < 4.78 is 17.6. The fourth-order valence-corrected chi connectivity index (χ4v) is 4.11. The molecule has 1 amide bonds. The van der Waals surface area contributed by atoms with Gasteiger partial charge < -0.3 is 14.2 Å². The minimum atomic E-state index is -0.201. The molecule has 1 aromatic heterocycles. The van der Waals surface area contributed by atoms with Gasteiger partial charge in [0.1, 0.15) is 29.7 Å². The zero-order valence-corrected chi connectivity index (χ0v) is 20.2. The summed E-state index contributed by atoms with van der Waals surface area (Å²) in [4.78, 5) is 11.8. The van der Waals surface area contributed by atoms with Crippen molar-refractivity contribution in [2.24, 2.45) is 5.10 Å². The van der Waals surface area contributed by atoms with Crippen LogP contribution in [-0.2, 0) is 9.53 Å². The monoisotopic (exact) mass is 486 g/mol. The molecule has 2 aromatic carbocycles. The third-order valence-electron chi connectivity index (χ3n) is 4.13. The summed E-state index contributed by atoms with van der Waals surface area (Å²) in [6.07, 6.45) is 1.58. The third kappa shape index (κ3) is 9.60. The van der Waals surface area contributed by atoms with E-state index in [0.29, 0.717) is 26.4 Å². The van der Waals surface area contributed by atoms with Crippen LogP contribution in [-0.4, -0.2) is 54.5 Å². The normalized spacial score (nSPS) is 11.0. The van der Waals surface area contributed by atoms with E-state index >= 15 is 0 Å². The van der Waals surface area contributed by atoms with Gasteiger partial charge in [0.2, 0.25) is 0 Å². The van der Waals surface area contributed by atoms with Gasteiger partial charge in [0, 0.05) is 0 Å². The van der Waals surface area contributed by atoms with Crippen molar-refractivity contribution in [3.05, 3.63) is 64.7 Å². The number of nitrogens with one attached hydrogen (secondary N) is 1. The number of ether oxygens (including phenoxy) is 3. The summed E-state index contributed by atoms with van der Waals surface area (Å²) in [6.45, 7) is 5.83. The Balaban J connectivity index is 1.25. The van der Waals surface area contributed by atoms with Crippen molar-refractivity contribution in [3.8, 4) is 11.5 Å². The van der Waals surface area contributed by atoms with Gasteiger partial charge in [-0.2, -0.15) is 5.10 Å². The Morgan fingerprint density at radius 1 is 0.970 bits per heavy atom. The number of thioether (sulfide) groups is 1. The predicted molar refractivity (Wildman–Crippen MR) is 131 cm³/mol. The summed E-state index contributed by atoms with van der Waals surface area (Å²) in [7, 11) is 0. The van der Waals surface area contributed by atoms with Crippen molar-refractivity contribution in [2.45, 2.75) is 18.2 Å². The number of amides is 1. The number of nitrogens with zero attached hydrogens (tertiary/aromatic N) is 3. The number of carbonyl (C=O) groups is 1. The number of aromatic nitrogens is 2. The lowest BCUT2D eigenvalue weighted by Gasteiger charge is -2.09. The van der Waals surface area contributed by atoms with E-state index in [-0.39, 0.29) is 11.7 Å². The Hall–Kier alpha value is -2.95. The fourth-order valence-electron chi connectivity index (χ4n) is 2.50. The maximum atomic E-state index is 11.8. The molecule has 3 aromatic rings. The van der Waals surface area contributed by atoms with Crippen LogP contribution in [0.1, 0.15) is 16.1 Å². The van der Waals surface area contributed by atoms with Crippen molar-refractivity contribution in [3.63, 3.8) is 0 Å². The summed E-state index contributed by atoms with van der Waals surface area (Å²) in [6, 6.07) is 15.3. The Morgan fingerprint density at radius 2 is 1.61 bits per heavy atom. The molecule has 0 aliphatic carbocycles. The van der Waals surface area contributed by atoms with Crippen LogP contribution in [0.3, 0.4) is 0 Å².